The Labute approximate surface area is 107 Å². The van der Waals surface area contributed by atoms with Gasteiger partial charge in [-0.25, -0.2) is 9.78 Å². The first-order valence-electron chi connectivity index (χ1n) is 6.52. The van der Waals surface area contributed by atoms with Gasteiger partial charge in [0.2, 0.25) is 0 Å². The zero-order chi connectivity index (χ0) is 13.1. The number of hydrogen-bond acceptors (Lipinski definition) is 3. The molecule has 1 aliphatic carbocycles. The first-order valence-corrected chi connectivity index (χ1v) is 6.52. The molecule has 0 amide bonds. The van der Waals surface area contributed by atoms with Crippen molar-refractivity contribution in [2.75, 3.05) is 5.32 Å². The van der Waals surface area contributed by atoms with Crippen LogP contribution in [0, 0.1) is 11.8 Å². The van der Waals surface area contributed by atoms with E-state index in [2.05, 4.69) is 24.1 Å². The van der Waals surface area contributed by atoms with E-state index in [0.717, 1.165) is 30.5 Å². The van der Waals surface area contributed by atoms with Crippen LogP contribution < -0.4 is 5.32 Å². The van der Waals surface area contributed by atoms with Crippen molar-refractivity contribution >= 4 is 11.8 Å². The summed E-state index contributed by atoms with van der Waals surface area (Å²) in [5.74, 6) is 1.36. The van der Waals surface area contributed by atoms with Crippen LogP contribution in [0.25, 0.3) is 0 Å². The third-order valence-corrected chi connectivity index (χ3v) is 3.96. The maximum Gasteiger partial charge on any atom is 0.337 e. The van der Waals surface area contributed by atoms with E-state index in [1.807, 2.05) is 0 Å². The van der Waals surface area contributed by atoms with Crippen LogP contribution in [-0.4, -0.2) is 22.1 Å². The SMILES string of the molecule is CC1CCC(Nc2ccc(C(=O)O)cn2)CC1C. The highest BCUT2D eigenvalue weighted by molar-refractivity contribution is 5.87. The fourth-order valence-corrected chi connectivity index (χ4v) is 2.49. The van der Waals surface area contributed by atoms with E-state index in [1.54, 1.807) is 12.1 Å². The van der Waals surface area contributed by atoms with Gasteiger partial charge in [0, 0.05) is 12.2 Å². The average molecular weight is 248 g/mol. The van der Waals surface area contributed by atoms with Crippen LogP contribution in [0.5, 0.6) is 0 Å². The smallest absolute Gasteiger partial charge is 0.337 e. The van der Waals surface area contributed by atoms with Crippen molar-refractivity contribution in [1.82, 2.24) is 4.98 Å². The molecule has 1 saturated carbocycles. The molecule has 0 aliphatic heterocycles. The second kappa shape index (κ2) is 5.38. The molecule has 3 unspecified atom stereocenters. The van der Waals surface area contributed by atoms with Crippen molar-refractivity contribution in [2.24, 2.45) is 11.8 Å². The van der Waals surface area contributed by atoms with Gasteiger partial charge in [-0.3, -0.25) is 0 Å². The van der Waals surface area contributed by atoms with Gasteiger partial charge in [0.15, 0.2) is 0 Å². The molecule has 1 aromatic heterocycles. The van der Waals surface area contributed by atoms with Crippen molar-refractivity contribution in [3.63, 3.8) is 0 Å². The largest absolute Gasteiger partial charge is 0.478 e. The number of carboxylic acids is 1. The molecule has 1 heterocycles. The molecule has 0 bridgehead atoms. The van der Waals surface area contributed by atoms with E-state index < -0.39 is 5.97 Å². The number of aromatic carboxylic acids is 1. The van der Waals surface area contributed by atoms with Gasteiger partial charge < -0.3 is 10.4 Å². The molecule has 4 heteroatoms. The molecule has 1 aromatic rings. The molecule has 1 aliphatic rings. The normalized spacial score (nSPS) is 27.8. The Kier molecular flexibility index (Phi) is 3.84. The fourth-order valence-electron chi connectivity index (χ4n) is 2.49. The van der Waals surface area contributed by atoms with E-state index in [1.165, 1.54) is 12.6 Å². The van der Waals surface area contributed by atoms with Gasteiger partial charge in [0.1, 0.15) is 5.82 Å². The van der Waals surface area contributed by atoms with Gasteiger partial charge >= 0.3 is 5.97 Å². The molecule has 0 saturated heterocycles. The summed E-state index contributed by atoms with van der Waals surface area (Å²) in [7, 11) is 0. The van der Waals surface area contributed by atoms with E-state index >= 15 is 0 Å². The van der Waals surface area contributed by atoms with Crippen LogP contribution in [-0.2, 0) is 0 Å². The van der Waals surface area contributed by atoms with E-state index in [0.29, 0.717) is 6.04 Å². The lowest BCUT2D eigenvalue weighted by molar-refractivity contribution is 0.0696. The van der Waals surface area contributed by atoms with Crippen LogP contribution in [0.2, 0.25) is 0 Å². The molecule has 3 atom stereocenters. The third kappa shape index (κ3) is 3.00. The first-order chi connectivity index (χ1) is 8.56. The van der Waals surface area contributed by atoms with Gasteiger partial charge in [0.25, 0.3) is 0 Å². The minimum atomic E-state index is -0.936. The highest BCUT2D eigenvalue weighted by Crippen LogP contribution is 2.30. The lowest BCUT2D eigenvalue weighted by atomic mass is 9.79. The Morgan fingerprint density at radius 3 is 2.67 bits per heavy atom. The summed E-state index contributed by atoms with van der Waals surface area (Å²) >= 11 is 0. The number of carboxylic acid groups (broad SMARTS) is 1. The zero-order valence-electron chi connectivity index (χ0n) is 10.9. The van der Waals surface area contributed by atoms with Gasteiger partial charge in [-0.2, -0.15) is 0 Å². The van der Waals surface area contributed by atoms with Gasteiger partial charge in [-0.05, 0) is 43.2 Å². The monoisotopic (exact) mass is 248 g/mol. The maximum absolute atomic E-state index is 10.7. The van der Waals surface area contributed by atoms with E-state index in [-0.39, 0.29) is 5.56 Å². The number of carbonyl (C=O) groups is 1. The molecule has 2 rings (SSSR count). The van der Waals surface area contributed by atoms with Crippen molar-refractivity contribution in [1.29, 1.82) is 0 Å². The molecule has 98 valence electrons. The average Bonchev–Trinajstić information content (AvgIpc) is 2.34. The van der Waals surface area contributed by atoms with Crippen LogP contribution in [0.3, 0.4) is 0 Å². The Morgan fingerprint density at radius 1 is 1.33 bits per heavy atom. The van der Waals surface area contributed by atoms with E-state index in [4.69, 9.17) is 5.11 Å². The molecular weight excluding hydrogens is 228 g/mol. The van der Waals surface area contributed by atoms with Crippen molar-refractivity contribution in [3.05, 3.63) is 23.9 Å². The predicted molar refractivity (Wildman–Crippen MR) is 70.8 cm³/mol. The summed E-state index contributed by atoms with van der Waals surface area (Å²) in [6.07, 6.45) is 4.96. The van der Waals surface area contributed by atoms with Crippen LogP contribution in [0.1, 0.15) is 43.5 Å². The number of hydrogen-bond donors (Lipinski definition) is 2. The number of aromatic nitrogens is 1. The summed E-state index contributed by atoms with van der Waals surface area (Å²) in [5.41, 5.74) is 0.228. The Bertz CT molecular complexity index is 416. The summed E-state index contributed by atoms with van der Waals surface area (Å²) in [6, 6.07) is 3.79. The third-order valence-electron chi connectivity index (χ3n) is 3.96. The molecular formula is C14H20N2O2. The molecule has 2 N–H and O–H groups in total. The molecule has 0 radical (unpaired) electrons. The van der Waals surface area contributed by atoms with Gasteiger partial charge in [-0.1, -0.05) is 13.8 Å². The fraction of sp³-hybridized carbons (Fsp3) is 0.571. The van der Waals surface area contributed by atoms with Crippen molar-refractivity contribution < 1.29 is 9.90 Å². The lowest BCUT2D eigenvalue weighted by Gasteiger charge is -2.32. The Hall–Kier alpha value is -1.58. The highest BCUT2D eigenvalue weighted by atomic mass is 16.4. The number of anilines is 1. The molecule has 4 nitrogen and oxygen atoms in total. The minimum absolute atomic E-state index is 0.228. The molecule has 0 aromatic carbocycles. The topological polar surface area (TPSA) is 62.2 Å². The Balaban J connectivity index is 1.95. The number of nitrogens with one attached hydrogen (secondary N) is 1. The molecule has 18 heavy (non-hydrogen) atoms. The standard InChI is InChI=1S/C14H20N2O2/c1-9-3-5-12(7-10(9)2)16-13-6-4-11(8-15-13)14(17)18/h4,6,8-10,12H,3,5,7H2,1-2H3,(H,15,16)(H,17,18). The van der Waals surface area contributed by atoms with Crippen molar-refractivity contribution in [2.45, 2.75) is 39.2 Å². The highest BCUT2D eigenvalue weighted by Gasteiger charge is 2.24. The Morgan fingerprint density at radius 2 is 2.11 bits per heavy atom. The second-order valence-electron chi connectivity index (χ2n) is 5.35. The summed E-state index contributed by atoms with van der Waals surface area (Å²) in [4.78, 5) is 14.9. The zero-order valence-corrected chi connectivity index (χ0v) is 10.9. The molecule has 1 fully saturated rings. The predicted octanol–water partition coefficient (Wildman–Crippen LogP) is 3.02. The maximum atomic E-state index is 10.7. The second-order valence-corrected chi connectivity index (χ2v) is 5.35. The number of pyridine rings is 1. The number of rotatable bonds is 3. The van der Waals surface area contributed by atoms with Crippen LogP contribution >= 0.6 is 0 Å². The van der Waals surface area contributed by atoms with Gasteiger partial charge in [-0.15, -0.1) is 0 Å². The van der Waals surface area contributed by atoms with Gasteiger partial charge in [0.05, 0.1) is 5.56 Å². The minimum Gasteiger partial charge on any atom is -0.478 e. The molecule has 0 spiro atoms. The summed E-state index contributed by atoms with van der Waals surface area (Å²) in [6.45, 7) is 4.60. The lowest BCUT2D eigenvalue weighted by Crippen LogP contribution is -2.30. The summed E-state index contributed by atoms with van der Waals surface area (Å²) < 4.78 is 0. The first kappa shape index (κ1) is 12.9. The quantitative estimate of drug-likeness (QED) is 0.863. The summed E-state index contributed by atoms with van der Waals surface area (Å²) in [5, 5.41) is 12.2. The van der Waals surface area contributed by atoms with Crippen LogP contribution in [0.15, 0.2) is 18.3 Å². The van der Waals surface area contributed by atoms with Crippen LogP contribution in [0.4, 0.5) is 5.82 Å². The van der Waals surface area contributed by atoms with Crippen molar-refractivity contribution in [3.8, 4) is 0 Å². The van der Waals surface area contributed by atoms with E-state index in [9.17, 15) is 4.79 Å². The number of nitrogens with zero attached hydrogens (tertiary/aromatic N) is 1.